The van der Waals surface area contributed by atoms with Gasteiger partial charge in [-0.05, 0) is 48.9 Å². The van der Waals surface area contributed by atoms with Crippen molar-refractivity contribution in [1.29, 1.82) is 0 Å². The summed E-state index contributed by atoms with van der Waals surface area (Å²) in [7, 11) is 3.20. The van der Waals surface area contributed by atoms with Gasteiger partial charge in [-0.2, -0.15) is 4.98 Å². The van der Waals surface area contributed by atoms with Gasteiger partial charge in [-0.1, -0.05) is 23.8 Å². The summed E-state index contributed by atoms with van der Waals surface area (Å²) in [6.45, 7) is 2.30. The number of aromatic nitrogens is 4. The minimum Gasteiger partial charge on any atom is -0.497 e. The second kappa shape index (κ2) is 8.95. The first-order valence-electron chi connectivity index (χ1n) is 10.3. The smallest absolute Gasteiger partial charge is 0.277 e. The van der Waals surface area contributed by atoms with Crippen molar-refractivity contribution in [3.63, 3.8) is 0 Å². The Morgan fingerprint density at radius 3 is 2.94 bits per heavy atom. The van der Waals surface area contributed by atoms with Crippen molar-refractivity contribution < 1.29 is 18.4 Å². The first kappa shape index (κ1) is 21.0. The Morgan fingerprint density at radius 1 is 1.19 bits per heavy atom. The number of benzene rings is 1. The van der Waals surface area contributed by atoms with Gasteiger partial charge in [0.15, 0.2) is 0 Å². The van der Waals surface area contributed by atoms with E-state index in [2.05, 4.69) is 33.3 Å². The third-order valence-corrected chi connectivity index (χ3v) is 7.41. The first-order chi connectivity index (χ1) is 15.6. The summed E-state index contributed by atoms with van der Waals surface area (Å²) in [6, 6.07) is 7.64. The van der Waals surface area contributed by atoms with Crippen LogP contribution < -0.4 is 9.47 Å². The average Bonchev–Trinajstić information content (AvgIpc) is 3.56. The number of methoxy groups -OCH3 is 2. The van der Waals surface area contributed by atoms with Crippen molar-refractivity contribution in [3.8, 4) is 33.7 Å². The summed E-state index contributed by atoms with van der Waals surface area (Å²) in [5.41, 5.74) is 2.15. The number of hydrogen-bond donors (Lipinski definition) is 0. The zero-order valence-electron chi connectivity index (χ0n) is 18.0. The summed E-state index contributed by atoms with van der Waals surface area (Å²) in [5.74, 6) is 3.93. The third-order valence-electron chi connectivity index (χ3n) is 5.38. The molecule has 1 atom stereocenters. The van der Waals surface area contributed by atoms with Gasteiger partial charge in [0.1, 0.15) is 11.5 Å². The van der Waals surface area contributed by atoms with Crippen LogP contribution >= 0.6 is 23.1 Å². The van der Waals surface area contributed by atoms with E-state index in [1.54, 1.807) is 31.6 Å². The van der Waals surface area contributed by atoms with E-state index in [1.807, 2.05) is 12.1 Å². The van der Waals surface area contributed by atoms with E-state index >= 15 is 0 Å². The van der Waals surface area contributed by atoms with Gasteiger partial charge in [-0.25, -0.2) is 0 Å². The Labute approximate surface area is 193 Å². The van der Waals surface area contributed by atoms with Crippen molar-refractivity contribution in [1.82, 2.24) is 20.3 Å². The van der Waals surface area contributed by atoms with Crippen LogP contribution in [0.2, 0.25) is 0 Å². The Kier molecular flexibility index (Phi) is 5.88. The van der Waals surface area contributed by atoms with Crippen LogP contribution in [0.5, 0.6) is 11.5 Å². The fourth-order valence-corrected chi connectivity index (χ4v) is 5.44. The van der Waals surface area contributed by atoms with E-state index in [0.29, 0.717) is 40.1 Å². The molecular formula is C22H22N4O4S2. The van der Waals surface area contributed by atoms with Gasteiger partial charge in [-0.15, -0.1) is 21.5 Å². The molecule has 0 bridgehead atoms. The van der Waals surface area contributed by atoms with Crippen LogP contribution in [0.25, 0.3) is 22.2 Å². The monoisotopic (exact) mass is 470 g/mol. The third kappa shape index (κ3) is 4.24. The second-order valence-corrected chi connectivity index (χ2v) is 9.71. The number of fused-ring (bicyclic) bond motifs is 1. The lowest BCUT2D eigenvalue weighted by atomic mass is 9.90. The molecule has 1 aliphatic carbocycles. The second-order valence-electron chi connectivity index (χ2n) is 7.65. The summed E-state index contributed by atoms with van der Waals surface area (Å²) >= 11 is 3.12. The first-order valence-corrected chi connectivity index (χ1v) is 12.1. The molecule has 5 rings (SSSR count). The maximum Gasteiger partial charge on any atom is 0.277 e. The maximum absolute atomic E-state index is 5.88. The highest BCUT2D eigenvalue weighted by molar-refractivity contribution is 7.98. The fourth-order valence-electron chi connectivity index (χ4n) is 3.71. The lowest BCUT2D eigenvalue weighted by Gasteiger charge is -2.16. The molecule has 166 valence electrons. The molecule has 1 aromatic carbocycles. The Hall–Kier alpha value is -2.85. The van der Waals surface area contributed by atoms with Crippen molar-refractivity contribution in [2.45, 2.75) is 37.2 Å². The van der Waals surface area contributed by atoms with Crippen molar-refractivity contribution in [3.05, 3.63) is 40.6 Å². The summed E-state index contributed by atoms with van der Waals surface area (Å²) in [5, 5.41) is 12.9. The predicted molar refractivity (Wildman–Crippen MR) is 121 cm³/mol. The van der Waals surface area contributed by atoms with Crippen molar-refractivity contribution >= 4 is 23.1 Å². The van der Waals surface area contributed by atoms with Crippen molar-refractivity contribution in [2.75, 3.05) is 14.2 Å². The number of thioether (sulfide) groups is 1. The normalized spacial score (nSPS) is 15.5. The molecule has 3 aromatic heterocycles. The molecule has 10 heteroatoms. The number of nitrogens with zero attached hydrogens (tertiary/aromatic N) is 4. The molecule has 0 saturated heterocycles. The molecule has 0 N–H and O–H groups in total. The minimum absolute atomic E-state index is 0.422. The topological polar surface area (TPSA) is 96.3 Å². The predicted octanol–water partition coefficient (Wildman–Crippen LogP) is 5.28. The average molecular weight is 471 g/mol. The lowest BCUT2D eigenvalue weighted by Crippen LogP contribution is -2.07. The highest BCUT2D eigenvalue weighted by Gasteiger charge is 2.21. The summed E-state index contributed by atoms with van der Waals surface area (Å²) in [6.07, 6.45) is 3.50. The summed E-state index contributed by atoms with van der Waals surface area (Å²) in [4.78, 5) is 6.95. The summed E-state index contributed by atoms with van der Waals surface area (Å²) < 4.78 is 21.9. The van der Waals surface area contributed by atoms with Crippen LogP contribution in [0.15, 0.2) is 38.4 Å². The quantitative estimate of drug-likeness (QED) is 0.334. The van der Waals surface area contributed by atoms with Crippen LogP contribution in [0, 0.1) is 5.92 Å². The van der Waals surface area contributed by atoms with E-state index in [9.17, 15) is 0 Å². The number of hydrogen-bond acceptors (Lipinski definition) is 10. The number of thiophene rings is 1. The van der Waals surface area contributed by atoms with Gasteiger partial charge in [0.25, 0.3) is 11.1 Å². The Morgan fingerprint density at radius 2 is 2.09 bits per heavy atom. The molecule has 0 amide bonds. The molecule has 0 saturated carbocycles. The molecule has 0 aliphatic heterocycles. The van der Waals surface area contributed by atoms with Gasteiger partial charge >= 0.3 is 0 Å². The van der Waals surface area contributed by atoms with Gasteiger partial charge in [0.2, 0.25) is 11.7 Å². The highest BCUT2D eigenvalue weighted by atomic mass is 32.2. The van der Waals surface area contributed by atoms with Crippen LogP contribution in [-0.2, 0) is 18.6 Å². The molecule has 0 unspecified atom stereocenters. The van der Waals surface area contributed by atoms with Crippen LogP contribution in [0.3, 0.4) is 0 Å². The van der Waals surface area contributed by atoms with E-state index in [-0.39, 0.29) is 0 Å². The Bertz CT molecular complexity index is 1230. The van der Waals surface area contributed by atoms with Crippen LogP contribution in [0.1, 0.15) is 29.7 Å². The van der Waals surface area contributed by atoms with Crippen LogP contribution in [0.4, 0.5) is 0 Å². The van der Waals surface area contributed by atoms with Gasteiger partial charge in [-0.3, -0.25) is 0 Å². The molecule has 0 radical (unpaired) electrons. The van der Waals surface area contributed by atoms with Crippen LogP contribution in [-0.4, -0.2) is 34.6 Å². The number of aryl methyl sites for hydroxylation is 1. The molecule has 32 heavy (non-hydrogen) atoms. The fraction of sp³-hybridized carbons (Fsp3) is 0.364. The maximum atomic E-state index is 5.88. The van der Waals surface area contributed by atoms with Gasteiger partial charge in [0.05, 0.1) is 30.4 Å². The molecular weight excluding hydrogens is 448 g/mol. The van der Waals surface area contributed by atoms with E-state index in [1.165, 1.54) is 28.6 Å². The Balaban J connectivity index is 1.26. The largest absolute Gasteiger partial charge is 0.497 e. The molecule has 4 aromatic rings. The van der Waals surface area contributed by atoms with E-state index in [4.69, 9.17) is 18.4 Å². The molecule has 1 aliphatic rings. The molecule has 8 nitrogen and oxygen atoms in total. The molecule has 0 spiro atoms. The zero-order valence-corrected chi connectivity index (χ0v) is 19.6. The van der Waals surface area contributed by atoms with Crippen molar-refractivity contribution in [2.24, 2.45) is 5.92 Å². The number of rotatable bonds is 7. The lowest BCUT2D eigenvalue weighted by molar-refractivity contribution is 0.387. The van der Waals surface area contributed by atoms with Gasteiger partial charge < -0.3 is 18.4 Å². The SMILES string of the molecule is COc1ccc(-c2noc(CSc3nnc(-c4cc5c(s4)CC[C@H](C)C5)o3)n2)c(OC)c1. The van der Waals surface area contributed by atoms with E-state index < -0.39 is 0 Å². The van der Waals surface area contributed by atoms with Gasteiger partial charge in [0, 0.05) is 10.9 Å². The highest BCUT2D eigenvalue weighted by Crippen LogP contribution is 2.38. The molecule has 0 fully saturated rings. The zero-order chi connectivity index (χ0) is 22.1. The standard InChI is InChI=1S/C22H22N4O4S2/c1-12-4-7-17-13(8-12)9-18(32-17)21-24-25-22(29-21)31-11-19-23-20(26-30-19)15-6-5-14(27-2)10-16(15)28-3/h5-6,9-10,12H,4,7-8,11H2,1-3H3/t12-/m0/s1. The van der Waals surface area contributed by atoms with E-state index in [0.717, 1.165) is 29.2 Å². The molecule has 3 heterocycles. The number of ether oxygens (including phenoxy) is 2. The minimum atomic E-state index is 0.422.